The van der Waals surface area contributed by atoms with Gasteiger partial charge in [-0.3, -0.25) is 0 Å². The summed E-state index contributed by atoms with van der Waals surface area (Å²) < 4.78 is 0. The zero-order chi connectivity index (χ0) is 13.0. The minimum absolute atomic E-state index is 0.109. The molecule has 94 valence electrons. The van der Waals surface area contributed by atoms with Crippen LogP contribution in [0.25, 0.3) is 0 Å². The van der Waals surface area contributed by atoms with Crippen LogP contribution in [0.2, 0.25) is 0 Å². The van der Waals surface area contributed by atoms with E-state index in [1.807, 2.05) is 18.2 Å². The first-order valence-electron chi connectivity index (χ1n) is 6.08. The van der Waals surface area contributed by atoms with Gasteiger partial charge in [0, 0.05) is 10.6 Å². The average molecular weight is 258 g/mol. The third-order valence-electron chi connectivity index (χ3n) is 3.06. The summed E-state index contributed by atoms with van der Waals surface area (Å²) in [6, 6.07) is 14.7. The maximum atomic E-state index is 9.10. The molecule has 0 aliphatic heterocycles. The van der Waals surface area contributed by atoms with Crippen molar-refractivity contribution in [2.45, 2.75) is 31.1 Å². The Balaban J connectivity index is 2.04. The van der Waals surface area contributed by atoms with E-state index in [1.165, 1.54) is 21.6 Å². The van der Waals surface area contributed by atoms with Crippen LogP contribution >= 0.6 is 11.8 Å². The molecular formula is C16H18OS. The van der Waals surface area contributed by atoms with Gasteiger partial charge in [0.05, 0.1) is 6.61 Å². The fourth-order valence-electron chi connectivity index (χ4n) is 1.79. The number of hydrogen-bond acceptors (Lipinski definition) is 2. The van der Waals surface area contributed by atoms with Gasteiger partial charge in [-0.1, -0.05) is 30.3 Å². The molecule has 0 amide bonds. The van der Waals surface area contributed by atoms with E-state index in [1.54, 1.807) is 11.8 Å². The number of hydrogen-bond donors (Lipinski definition) is 1. The third-order valence-corrected chi connectivity index (χ3v) is 4.12. The highest BCUT2D eigenvalue weighted by Gasteiger charge is 2.00. The predicted molar refractivity (Wildman–Crippen MR) is 77.8 cm³/mol. The minimum Gasteiger partial charge on any atom is -0.392 e. The molecule has 0 saturated carbocycles. The van der Waals surface area contributed by atoms with Crippen LogP contribution in [0.3, 0.4) is 0 Å². The second-order valence-electron chi connectivity index (χ2n) is 4.51. The molecule has 1 nitrogen and oxygen atoms in total. The Morgan fingerprint density at radius 3 is 2.50 bits per heavy atom. The maximum absolute atomic E-state index is 9.10. The summed E-state index contributed by atoms with van der Waals surface area (Å²) in [7, 11) is 0. The number of benzene rings is 2. The molecule has 1 N–H and O–H groups in total. The topological polar surface area (TPSA) is 20.2 Å². The van der Waals surface area contributed by atoms with Crippen LogP contribution in [0.1, 0.15) is 22.3 Å². The second-order valence-corrected chi connectivity index (χ2v) is 5.56. The molecule has 0 atom stereocenters. The largest absolute Gasteiger partial charge is 0.392 e. The van der Waals surface area contributed by atoms with Crippen molar-refractivity contribution in [2.24, 2.45) is 0 Å². The van der Waals surface area contributed by atoms with Crippen molar-refractivity contribution in [1.29, 1.82) is 0 Å². The Morgan fingerprint density at radius 1 is 0.944 bits per heavy atom. The van der Waals surface area contributed by atoms with Crippen molar-refractivity contribution in [3.63, 3.8) is 0 Å². The van der Waals surface area contributed by atoms with Crippen molar-refractivity contribution < 1.29 is 5.11 Å². The van der Waals surface area contributed by atoms with Gasteiger partial charge in [0.15, 0.2) is 0 Å². The van der Waals surface area contributed by atoms with E-state index in [0.29, 0.717) is 0 Å². The fourth-order valence-corrected chi connectivity index (χ4v) is 2.72. The van der Waals surface area contributed by atoms with E-state index in [2.05, 4.69) is 38.1 Å². The second kappa shape index (κ2) is 6.07. The van der Waals surface area contributed by atoms with Gasteiger partial charge in [0.1, 0.15) is 0 Å². The van der Waals surface area contributed by atoms with Crippen LogP contribution in [-0.4, -0.2) is 5.11 Å². The Bertz CT molecular complexity index is 534. The standard InChI is InChI=1S/C16H18OS/c1-12-6-7-15(8-13(12)2)11-18-16-5-3-4-14(9-16)10-17/h3-9,17H,10-11H2,1-2H3. The van der Waals surface area contributed by atoms with Gasteiger partial charge >= 0.3 is 0 Å². The lowest BCUT2D eigenvalue weighted by Gasteiger charge is -2.06. The molecule has 0 aromatic heterocycles. The van der Waals surface area contributed by atoms with Crippen LogP contribution in [0, 0.1) is 13.8 Å². The van der Waals surface area contributed by atoms with Crippen LogP contribution in [0.15, 0.2) is 47.4 Å². The van der Waals surface area contributed by atoms with E-state index < -0.39 is 0 Å². The van der Waals surface area contributed by atoms with Crippen molar-refractivity contribution in [2.75, 3.05) is 0 Å². The van der Waals surface area contributed by atoms with Crippen molar-refractivity contribution in [1.82, 2.24) is 0 Å². The molecule has 0 unspecified atom stereocenters. The highest BCUT2D eigenvalue weighted by molar-refractivity contribution is 7.98. The van der Waals surface area contributed by atoms with Crippen molar-refractivity contribution >= 4 is 11.8 Å². The molecule has 2 heteroatoms. The molecular weight excluding hydrogens is 240 g/mol. The molecule has 18 heavy (non-hydrogen) atoms. The van der Waals surface area contributed by atoms with E-state index in [9.17, 15) is 0 Å². The monoisotopic (exact) mass is 258 g/mol. The lowest BCUT2D eigenvalue weighted by molar-refractivity contribution is 0.281. The van der Waals surface area contributed by atoms with Crippen LogP contribution in [0.4, 0.5) is 0 Å². The molecule has 2 aromatic rings. The molecule has 0 bridgehead atoms. The van der Waals surface area contributed by atoms with E-state index in [-0.39, 0.29) is 6.61 Å². The fraction of sp³-hybridized carbons (Fsp3) is 0.250. The number of rotatable bonds is 4. The van der Waals surface area contributed by atoms with E-state index >= 15 is 0 Å². The van der Waals surface area contributed by atoms with Gasteiger partial charge in [-0.2, -0.15) is 0 Å². The highest BCUT2D eigenvalue weighted by atomic mass is 32.2. The van der Waals surface area contributed by atoms with Gasteiger partial charge in [-0.25, -0.2) is 0 Å². The quantitative estimate of drug-likeness (QED) is 0.834. The van der Waals surface area contributed by atoms with Gasteiger partial charge in [-0.15, -0.1) is 11.8 Å². The van der Waals surface area contributed by atoms with Gasteiger partial charge in [-0.05, 0) is 48.2 Å². The average Bonchev–Trinajstić information content (AvgIpc) is 2.40. The molecule has 0 spiro atoms. The summed E-state index contributed by atoms with van der Waals surface area (Å²) in [6.07, 6.45) is 0. The number of aliphatic hydroxyl groups is 1. The third kappa shape index (κ3) is 3.37. The molecule has 0 aliphatic rings. The molecule has 2 aromatic carbocycles. The summed E-state index contributed by atoms with van der Waals surface area (Å²) in [6.45, 7) is 4.39. The molecule has 2 rings (SSSR count). The Kier molecular flexibility index (Phi) is 4.45. The van der Waals surface area contributed by atoms with E-state index in [4.69, 9.17) is 5.11 Å². The first kappa shape index (κ1) is 13.2. The normalized spacial score (nSPS) is 10.6. The summed E-state index contributed by atoms with van der Waals surface area (Å²) in [5, 5.41) is 9.10. The molecule has 0 radical (unpaired) electrons. The number of aliphatic hydroxyl groups excluding tert-OH is 1. The van der Waals surface area contributed by atoms with Crippen molar-refractivity contribution in [3.05, 3.63) is 64.7 Å². The van der Waals surface area contributed by atoms with Crippen LogP contribution in [0.5, 0.6) is 0 Å². The first-order valence-corrected chi connectivity index (χ1v) is 7.06. The van der Waals surface area contributed by atoms with Crippen LogP contribution in [-0.2, 0) is 12.4 Å². The maximum Gasteiger partial charge on any atom is 0.0682 e. The first-order chi connectivity index (χ1) is 8.69. The lowest BCUT2D eigenvalue weighted by Crippen LogP contribution is -1.87. The highest BCUT2D eigenvalue weighted by Crippen LogP contribution is 2.24. The Labute approximate surface area is 113 Å². The SMILES string of the molecule is Cc1ccc(CSc2cccc(CO)c2)cc1C. The zero-order valence-electron chi connectivity index (χ0n) is 10.8. The summed E-state index contributed by atoms with van der Waals surface area (Å²) in [5.41, 5.74) is 5.00. The number of thioether (sulfide) groups is 1. The van der Waals surface area contributed by atoms with Gasteiger partial charge < -0.3 is 5.11 Å². The summed E-state index contributed by atoms with van der Waals surface area (Å²) in [4.78, 5) is 1.21. The zero-order valence-corrected chi connectivity index (χ0v) is 11.6. The van der Waals surface area contributed by atoms with Gasteiger partial charge in [0.2, 0.25) is 0 Å². The number of aryl methyl sites for hydroxylation is 2. The molecule has 0 fully saturated rings. The summed E-state index contributed by atoms with van der Waals surface area (Å²) in [5.74, 6) is 0.968. The lowest BCUT2D eigenvalue weighted by atomic mass is 10.1. The van der Waals surface area contributed by atoms with Crippen molar-refractivity contribution in [3.8, 4) is 0 Å². The van der Waals surface area contributed by atoms with E-state index in [0.717, 1.165) is 11.3 Å². The predicted octanol–water partition coefficient (Wildman–Crippen LogP) is 4.09. The van der Waals surface area contributed by atoms with Gasteiger partial charge in [0.25, 0.3) is 0 Å². The molecule has 0 aliphatic carbocycles. The smallest absolute Gasteiger partial charge is 0.0682 e. The Hall–Kier alpha value is -1.25. The molecule has 0 saturated heterocycles. The molecule has 0 heterocycles. The minimum atomic E-state index is 0.109. The van der Waals surface area contributed by atoms with Crippen LogP contribution < -0.4 is 0 Å². The summed E-state index contributed by atoms with van der Waals surface area (Å²) >= 11 is 1.81. The Morgan fingerprint density at radius 2 is 1.78 bits per heavy atom.